The number of likely N-dealkylation sites (tertiary alicyclic amines) is 1. The van der Waals surface area contributed by atoms with Gasteiger partial charge >= 0.3 is 0 Å². The molecule has 3 rings (SSSR count). The minimum Gasteiger partial charge on any atom is -0.466 e. The zero-order chi connectivity index (χ0) is 17.8. The number of piperidine rings is 1. The zero-order valence-corrected chi connectivity index (χ0v) is 15.5. The Bertz CT molecular complexity index is 727. The average Bonchev–Trinajstić information content (AvgIpc) is 2.94. The van der Waals surface area contributed by atoms with Crippen molar-refractivity contribution in [2.24, 2.45) is 5.92 Å². The van der Waals surface area contributed by atoms with E-state index < -0.39 is 0 Å². The second kappa shape index (κ2) is 7.87. The number of carbonyl (C=O) groups excluding carboxylic acids is 1. The minimum atomic E-state index is -0.0789. The summed E-state index contributed by atoms with van der Waals surface area (Å²) in [5.41, 5.74) is 3.07. The lowest BCUT2D eigenvalue weighted by Crippen LogP contribution is -2.32. The first kappa shape index (κ1) is 17.7. The maximum absolute atomic E-state index is 12.3. The van der Waals surface area contributed by atoms with Gasteiger partial charge in [0.2, 0.25) is 0 Å². The molecule has 0 atom stereocenters. The molecule has 4 heteroatoms. The SMILES string of the molecule is Cc1cc(C(=O)NCc2cccc(CN3CCC(C)CC3)c2)c(C)o1. The molecule has 0 radical (unpaired) electrons. The monoisotopic (exact) mass is 340 g/mol. The predicted octanol–water partition coefficient (Wildman–Crippen LogP) is 4.06. The summed E-state index contributed by atoms with van der Waals surface area (Å²) in [6, 6.07) is 10.3. The summed E-state index contributed by atoms with van der Waals surface area (Å²) in [5.74, 6) is 2.21. The fourth-order valence-electron chi connectivity index (χ4n) is 3.45. The van der Waals surface area contributed by atoms with Gasteiger partial charge in [0.15, 0.2) is 0 Å². The second-order valence-electron chi connectivity index (χ2n) is 7.29. The Kier molecular flexibility index (Phi) is 5.59. The third kappa shape index (κ3) is 4.73. The lowest BCUT2D eigenvalue weighted by molar-refractivity contribution is 0.0949. The van der Waals surface area contributed by atoms with Crippen LogP contribution in [0.4, 0.5) is 0 Å². The Morgan fingerprint density at radius 3 is 2.60 bits per heavy atom. The molecule has 1 aromatic carbocycles. The van der Waals surface area contributed by atoms with E-state index in [4.69, 9.17) is 4.42 Å². The van der Waals surface area contributed by atoms with Gasteiger partial charge in [0.1, 0.15) is 11.5 Å². The number of nitrogens with one attached hydrogen (secondary N) is 1. The highest BCUT2D eigenvalue weighted by atomic mass is 16.3. The van der Waals surface area contributed by atoms with E-state index in [9.17, 15) is 4.79 Å². The highest BCUT2D eigenvalue weighted by Gasteiger charge is 2.16. The highest BCUT2D eigenvalue weighted by molar-refractivity contribution is 5.95. The molecule has 1 fully saturated rings. The van der Waals surface area contributed by atoms with Crippen molar-refractivity contribution < 1.29 is 9.21 Å². The highest BCUT2D eigenvalue weighted by Crippen LogP contribution is 2.19. The Hall–Kier alpha value is -2.07. The number of furan rings is 1. The minimum absolute atomic E-state index is 0.0789. The van der Waals surface area contributed by atoms with Gasteiger partial charge < -0.3 is 9.73 Å². The summed E-state index contributed by atoms with van der Waals surface area (Å²) in [6.07, 6.45) is 2.58. The summed E-state index contributed by atoms with van der Waals surface area (Å²) >= 11 is 0. The van der Waals surface area contributed by atoms with Crippen LogP contribution in [0.25, 0.3) is 0 Å². The van der Waals surface area contributed by atoms with Crippen molar-refractivity contribution in [2.75, 3.05) is 13.1 Å². The molecule has 1 aromatic heterocycles. The van der Waals surface area contributed by atoms with Crippen molar-refractivity contribution in [3.8, 4) is 0 Å². The van der Waals surface area contributed by atoms with Crippen LogP contribution in [0.15, 0.2) is 34.7 Å². The molecule has 0 bridgehead atoms. The van der Waals surface area contributed by atoms with Gasteiger partial charge in [-0.2, -0.15) is 0 Å². The molecule has 2 aromatic rings. The lowest BCUT2D eigenvalue weighted by atomic mass is 9.98. The first-order valence-electron chi connectivity index (χ1n) is 9.16. The number of aryl methyl sites for hydroxylation is 2. The maximum Gasteiger partial charge on any atom is 0.255 e. The molecular weight excluding hydrogens is 312 g/mol. The van der Waals surface area contributed by atoms with Gasteiger partial charge in [0.25, 0.3) is 5.91 Å². The van der Waals surface area contributed by atoms with Crippen molar-refractivity contribution >= 4 is 5.91 Å². The Balaban J connectivity index is 1.56. The third-order valence-corrected chi connectivity index (χ3v) is 5.01. The normalized spacial score (nSPS) is 16.1. The number of amides is 1. The Morgan fingerprint density at radius 1 is 1.20 bits per heavy atom. The van der Waals surface area contributed by atoms with Crippen LogP contribution in [-0.4, -0.2) is 23.9 Å². The molecule has 1 amide bonds. The first-order chi connectivity index (χ1) is 12.0. The van der Waals surface area contributed by atoms with Crippen LogP contribution in [0.1, 0.15) is 52.8 Å². The number of benzene rings is 1. The molecule has 0 unspecified atom stereocenters. The van der Waals surface area contributed by atoms with E-state index in [0.717, 1.165) is 23.8 Å². The van der Waals surface area contributed by atoms with E-state index in [-0.39, 0.29) is 5.91 Å². The number of nitrogens with zero attached hydrogens (tertiary/aromatic N) is 1. The van der Waals surface area contributed by atoms with Gasteiger partial charge in [0.05, 0.1) is 5.56 Å². The van der Waals surface area contributed by atoms with E-state index >= 15 is 0 Å². The summed E-state index contributed by atoms with van der Waals surface area (Å²) in [7, 11) is 0. The topological polar surface area (TPSA) is 45.5 Å². The van der Waals surface area contributed by atoms with Crippen LogP contribution < -0.4 is 5.32 Å². The van der Waals surface area contributed by atoms with Crippen LogP contribution in [0.3, 0.4) is 0 Å². The molecule has 1 N–H and O–H groups in total. The van der Waals surface area contributed by atoms with Crippen LogP contribution >= 0.6 is 0 Å². The number of rotatable bonds is 5. The van der Waals surface area contributed by atoms with E-state index in [1.807, 2.05) is 13.8 Å². The average molecular weight is 340 g/mol. The van der Waals surface area contributed by atoms with E-state index in [0.29, 0.717) is 17.9 Å². The van der Waals surface area contributed by atoms with Crippen molar-refractivity contribution in [2.45, 2.75) is 46.7 Å². The van der Waals surface area contributed by atoms with Crippen LogP contribution in [-0.2, 0) is 13.1 Å². The fourth-order valence-corrected chi connectivity index (χ4v) is 3.45. The largest absolute Gasteiger partial charge is 0.466 e. The first-order valence-corrected chi connectivity index (χ1v) is 9.16. The predicted molar refractivity (Wildman–Crippen MR) is 99.5 cm³/mol. The van der Waals surface area contributed by atoms with E-state index in [2.05, 4.69) is 41.4 Å². The molecule has 0 saturated carbocycles. The van der Waals surface area contributed by atoms with Gasteiger partial charge in [-0.1, -0.05) is 31.2 Å². The molecule has 2 heterocycles. The quantitative estimate of drug-likeness (QED) is 0.893. The summed E-state index contributed by atoms with van der Waals surface area (Å²) in [6.45, 7) is 9.91. The molecule has 0 spiro atoms. The molecule has 134 valence electrons. The lowest BCUT2D eigenvalue weighted by Gasteiger charge is -2.30. The number of hydrogen-bond donors (Lipinski definition) is 1. The molecule has 0 aliphatic carbocycles. The molecule has 25 heavy (non-hydrogen) atoms. The van der Waals surface area contributed by atoms with Gasteiger partial charge in [-0.05, 0) is 62.9 Å². The standard InChI is InChI=1S/C21H28N2O2/c1-15-7-9-23(10-8-15)14-19-6-4-5-18(12-19)13-22-21(24)20-11-16(2)25-17(20)3/h4-6,11-12,15H,7-10,13-14H2,1-3H3,(H,22,24). The molecule has 4 nitrogen and oxygen atoms in total. The van der Waals surface area contributed by atoms with Crippen molar-refractivity contribution in [1.82, 2.24) is 10.2 Å². The fraction of sp³-hybridized carbons (Fsp3) is 0.476. The number of hydrogen-bond acceptors (Lipinski definition) is 3. The molecule has 1 aliphatic heterocycles. The molecule has 1 saturated heterocycles. The van der Waals surface area contributed by atoms with E-state index in [1.165, 1.54) is 31.5 Å². The van der Waals surface area contributed by atoms with Crippen LogP contribution in [0, 0.1) is 19.8 Å². The van der Waals surface area contributed by atoms with Crippen molar-refractivity contribution in [3.63, 3.8) is 0 Å². The summed E-state index contributed by atoms with van der Waals surface area (Å²) in [5, 5.41) is 2.99. The second-order valence-corrected chi connectivity index (χ2v) is 7.29. The summed E-state index contributed by atoms with van der Waals surface area (Å²) < 4.78 is 5.43. The van der Waals surface area contributed by atoms with Crippen LogP contribution in [0.2, 0.25) is 0 Å². The molecular formula is C21H28N2O2. The van der Waals surface area contributed by atoms with Crippen molar-refractivity contribution in [3.05, 3.63) is 58.5 Å². The third-order valence-electron chi connectivity index (χ3n) is 5.01. The maximum atomic E-state index is 12.3. The van der Waals surface area contributed by atoms with Crippen molar-refractivity contribution in [1.29, 1.82) is 0 Å². The van der Waals surface area contributed by atoms with Crippen LogP contribution in [0.5, 0.6) is 0 Å². The molecule has 1 aliphatic rings. The van der Waals surface area contributed by atoms with E-state index in [1.54, 1.807) is 6.07 Å². The van der Waals surface area contributed by atoms with Gasteiger partial charge in [-0.3, -0.25) is 9.69 Å². The van der Waals surface area contributed by atoms with Gasteiger partial charge in [-0.25, -0.2) is 0 Å². The smallest absolute Gasteiger partial charge is 0.255 e. The summed E-state index contributed by atoms with van der Waals surface area (Å²) in [4.78, 5) is 14.8. The Labute approximate surface area is 150 Å². The van der Waals surface area contributed by atoms with Gasteiger partial charge in [-0.15, -0.1) is 0 Å². The Morgan fingerprint density at radius 2 is 1.92 bits per heavy atom. The number of carbonyl (C=O) groups is 1. The van der Waals surface area contributed by atoms with Gasteiger partial charge in [0, 0.05) is 13.1 Å². The zero-order valence-electron chi connectivity index (χ0n) is 15.5.